The zero-order valence-corrected chi connectivity index (χ0v) is 15.1. The van der Waals surface area contributed by atoms with Crippen molar-refractivity contribution in [3.63, 3.8) is 0 Å². The minimum absolute atomic E-state index is 0.0491. The molecule has 1 fully saturated rings. The van der Waals surface area contributed by atoms with Crippen LogP contribution in [0.5, 0.6) is 0 Å². The number of hydrogen-bond donors (Lipinski definition) is 1. The average molecular weight is 338 g/mol. The number of aryl methyl sites for hydroxylation is 1. The molecule has 128 valence electrons. The quantitative estimate of drug-likeness (QED) is 0.803. The van der Waals surface area contributed by atoms with Crippen molar-refractivity contribution >= 4 is 23.7 Å². The Morgan fingerprint density at radius 3 is 2.87 bits per heavy atom. The van der Waals surface area contributed by atoms with Crippen LogP contribution >= 0.6 is 12.1 Å². The number of rotatable bonds is 6. The third kappa shape index (κ3) is 4.48. The monoisotopic (exact) mass is 338 g/mol. The molecule has 2 rings (SSSR count). The number of amides is 1. The van der Waals surface area contributed by atoms with Crippen LogP contribution in [-0.2, 0) is 4.79 Å². The fraction of sp³-hybridized carbons (Fsp3) is 0.611. The van der Waals surface area contributed by atoms with Gasteiger partial charge in [-0.3, -0.25) is 9.69 Å². The molecule has 0 spiro atoms. The Bertz CT molecular complexity index is 550. The lowest BCUT2D eigenvalue weighted by atomic mass is 10.00. The van der Waals surface area contributed by atoms with E-state index in [1.165, 1.54) is 6.42 Å². The number of hydrogen-bond acceptors (Lipinski definition) is 3. The number of unbranched alkanes of at least 4 members (excludes halogenated alkanes) is 1. The molecule has 1 N–H and O–H groups in total. The van der Waals surface area contributed by atoms with Crippen molar-refractivity contribution in [1.29, 1.82) is 0 Å². The third-order valence-corrected chi connectivity index (χ3v) is 5.28. The molecule has 1 amide bonds. The molecule has 1 unspecified atom stereocenters. The fourth-order valence-corrected chi connectivity index (χ4v) is 3.56. The smallest absolute Gasteiger partial charge is 0.241 e. The number of likely N-dealkylation sites (tertiary alicyclic amines) is 1. The Kier molecular flexibility index (Phi) is 6.90. The standard InChI is InChI=1S/C18H27FN2OS/c1-4-5-11-21-12-7-6-8-15(21)18(22)20-17-13(2)9-10-16(23-19)14(17)3/h9-10,15H,4-8,11-12H2,1-3H3,(H,20,22). The molecule has 0 aromatic heterocycles. The first-order chi connectivity index (χ1) is 11.1. The van der Waals surface area contributed by atoms with Crippen molar-refractivity contribution in [2.45, 2.75) is 63.8 Å². The van der Waals surface area contributed by atoms with E-state index in [1.807, 2.05) is 19.9 Å². The molecule has 0 radical (unpaired) electrons. The van der Waals surface area contributed by atoms with E-state index in [4.69, 9.17) is 0 Å². The van der Waals surface area contributed by atoms with Crippen LogP contribution in [0.15, 0.2) is 17.0 Å². The summed E-state index contributed by atoms with van der Waals surface area (Å²) in [6.07, 6.45) is 5.43. The molecule has 0 saturated carbocycles. The second-order valence-electron chi connectivity index (χ2n) is 6.35. The van der Waals surface area contributed by atoms with E-state index in [1.54, 1.807) is 6.07 Å². The van der Waals surface area contributed by atoms with Crippen LogP contribution in [0, 0.1) is 13.8 Å². The summed E-state index contributed by atoms with van der Waals surface area (Å²) in [6, 6.07) is 3.56. The van der Waals surface area contributed by atoms with Gasteiger partial charge in [-0.2, -0.15) is 3.89 Å². The van der Waals surface area contributed by atoms with Crippen molar-refractivity contribution in [2.24, 2.45) is 0 Å². The molecule has 1 aromatic rings. The van der Waals surface area contributed by atoms with Crippen molar-refractivity contribution < 1.29 is 8.68 Å². The number of piperidine rings is 1. The number of nitrogens with zero attached hydrogens (tertiary/aromatic N) is 1. The van der Waals surface area contributed by atoms with Gasteiger partial charge >= 0.3 is 0 Å². The Hall–Kier alpha value is -1.07. The van der Waals surface area contributed by atoms with E-state index in [-0.39, 0.29) is 24.1 Å². The predicted octanol–water partition coefficient (Wildman–Crippen LogP) is 4.87. The first-order valence-electron chi connectivity index (χ1n) is 8.52. The molecular formula is C18H27FN2OS. The first-order valence-corrected chi connectivity index (χ1v) is 9.23. The van der Waals surface area contributed by atoms with Gasteiger partial charge in [-0.1, -0.05) is 25.8 Å². The van der Waals surface area contributed by atoms with Gasteiger partial charge in [0.2, 0.25) is 5.91 Å². The maximum Gasteiger partial charge on any atom is 0.241 e. The Labute approximate surface area is 143 Å². The summed E-state index contributed by atoms with van der Waals surface area (Å²) in [5, 5.41) is 3.07. The molecule has 0 bridgehead atoms. The lowest BCUT2D eigenvalue weighted by molar-refractivity contribution is -0.122. The van der Waals surface area contributed by atoms with Gasteiger partial charge in [-0.05, 0) is 63.4 Å². The van der Waals surface area contributed by atoms with Gasteiger partial charge < -0.3 is 5.32 Å². The second-order valence-corrected chi connectivity index (χ2v) is 6.94. The summed E-state index contributed by atoms with van der Waals surface area (Å²) >= 11 is 0.231. The molecule has 23 heavy (non-hydrogen) atoms. The van der Waals surface area contributed by atoms with Gasteiger partial charge in [0.1, 0.15) is 0 Å². The van der Waals surface area contributed by atoms with E-state index in [2.05, 4.69) is 17.1 Å². The number of benzene rings is 1. The zero-order valence-electron chi connectivity index (χ0n) is 14.3. The van der Waals surface area contributed by atoms with E-state index in [9.17, 15) is 8.68 Å². The molecule has 1 aliphatic rings. The van der Waals surface area contributed by atoms with E-state index in [0.29, 0.717) is 4.90 Å². The summed E-state index contributed by atoms with van der Waals surface area (Å²) in [7, 11) is 0. The predicted molar refractivity (Wildman–Crippen MR) is 95.6 cm³/mol. The molecule has 1 saturated heterocycles. The number of halogens is 1. The lowest BCUT2D eigenvalue weighted by Crippen LogP contribution is -2.47. The largest absolute Gasteiger partial charge is 0.324 e. The van der Waals surface area contributed by atoms with Crippen molar-refractivity contribution in [1.82, 2.24) is 4.90 Å². The van der Waals surface area contributed by atoms with Gasteiger partial charge in [0, 0.05) is 10.6 Å². The van der Waals surface area contributed by atoms with Crippen LogP contribution in [0.25, 0.3) is 0 Å². The average Bonchev–Trinajstić information content (AvgIpc) is 2.57. The summed E-state index contributed by atoms with van der Waals surface area (Å²) in [5.74, 6) is 0.0491. The van der Waals surface area contributed by atoms with Gasteiger partial charge in [-0.25, -0.2) is 0 Å². The highest BCUT2D eigenvalue weighted by atomic mass is 32.2. The fourth-order valence-electron chi connectivity index (χ4n) is 3.23. The van der Waals surface area contributed by atoms with Crippen LogP contribution in [0.1, 0.15) is 50.2 Å². The second kappa shape index (κ2) is 8.69. The summed E-state index contributed by atoms with van der Waals surface area (Å²) < 4.78 is 13.0. The molecular weight excluding hydrogens is 311 g/mol. The Morgan fingerprint density at radius 2 is 2.17 bits per heavy atom. The minimum Gasteiger partial charge on any atom is -0.324 e. The molecule has 1 atom stereocenters. The maximum absolute atomic E-state index is 13.0. The highest BCUT2D eigenvalue weighted by molar-refractivity contribution is 7.94. The van der Waals surface area contributed by atoms with Gasteiger partial charge in [0.05, 0.1) is 18.2 Å². The first kappa shape index (κ1) is 18.3. The molecule has 1 aliphatic heterocycles. The van der Waals surface area contributed by atoms with Gasteiger partial charge in [0.25, 0.3) is 0 Å². The van der Waals surface area contributed by atoms with Crippen LogP contribution in [-0.4, -0.2) is 29.9 Å². The Morgan fingerprint density at radius 1 is 1.39 bits per heavy atom. The molecule has 5 heteroatoms. The van der Waals surface area contributed by atoms with Crippen LogP contribution < -0.4 is 5.32 Å². The van der Waals surface area contributed by atoms with Crippen LogP contribution in [0.2, 0.25) is 0 Å². The van der Waals surface area contributed by atoms with Crippen molar-refractivity contribution in [3.05, 3.63) is 23.3 Å². The Balaban J connectivity index is 2.14. The molecule has 3 nitrogen and oxygen atoms in total. The zero-order chi connectivity index (χ0) is 16.8. The van der Waals surface area contributed by atoms with E-state index in [0.717, 1.165) is 55.6 Å². The lowest BCUT2D eigenvalue weighted by Gasteiger charge is -2.34. The van der Waals surface area contributed by atoms with E-state index < -0.39 is 0 Å². The molecule has 1 aromatic carbocycles. The third-order valence-electron chi connectivity index (χ3n) is 4.67. The normalized spacial score (nSPS) is 18.9. The number of carbonyl (C=O) groups is 1. The SMILES string of the molecule is CCCCN1CCCCC1C(=O)Nc1c(C)ccc(SF)c1C. The summed E-state index contributed by atoms with van der Waals surface area (Å²) in [5.41, 5.74) is 2.55. The van der Waals surface area contributed by atoms with Gasteiger partial charge in [0.15, 0.2) is 0 Å². The minimum atomic E-state index is -0.0595. The van der Waals surface area contributed by atoms with Crippen molar-refractivity contribution in [3.8, 4) is 0 Å². The molecule has 0 aliphatic carbocycles. The molecule has 1 heterocycles. The number of carbonyl (C=O) groups excluding carboxylic acids is 1. The maximum atomic E-state index is 13.0. The van der Waals surface area contributed by atoms with Crippen LogP contribution in [0.3, 0.4) is 0 Å². The highest BCUT2D eigenvalue weighted by Gasteiger charge is 2.28. The van der Waals surface area contributed by atoms with E-state index >= 15 is 0 Å². The van der Waals surface area contributed by atoms with Crippen LogP contribution in [0.4, 0.5) is 9.57 Å². The summed E-state index contributed by atoms with van der Waals surface area (Å²) in [6.45, 7) is 7.96. The topological polar surface area (TPSA) is 32.3 Å². The van der Waals surface area contributed by atoms with Gasteiger partial charge in [-0.15, -0.1) is 0 Å². The summed E-state index contributed by atoms with van der Waals surface area (Å²) in [4.78, 5) is 15.7. The van der Waals surface area contributed by atoms with Crippen molar-refractivity contribution in [2.75, 3.05) is 18.4 Å². The number of nitrogens with one attached hydrogen (secondary N) is 1. The highest BCUT2D eigenvalue weighted by Crippen LogP contribution is 2.31. The number of anilines is 1.